The lowest BCUT2D eigenvalue weighted by molar-refractivity contribution is 0.0691. The Morgan fingerprint density at radius 3 is 1.86 bits per heavy atom. The number of aromatic nitrogens is 1. The first kappa shape index (κ1) is 14.7. The van der Waals surface area contributed by atoms with Crippen LogP contribution in [0.5, 0.6) is 0 Å². The van der Waals surface area contributed by atoms with E-state index in [1.54, 1.807) is 4.98 Å². The molecule has 0 spiro atoms. The number of halogens is 5. The summed E-state index contributed by atoms with van der Waals surface area (Å²) in [6.45, 7) is 0. The molecule has 1 aromatic carbocycles. The van der Waals surface area contributed by atoms with Crippen molar-refractivity contribution in [1.29, 1.82) is 0 Å². The molecule has 0 atom stereocenters. The number of H-pyrrole nitrogens is 1. The zero-order chi connectivity index (χ0) is 15.9. The number of benzene rings is 1. The van der Waals surface area contributed by atoms with E-state index < -0.39 is 57.4 Å². The van der Waals surface area contributed by atoms with Crippen LogP contribution < -0.4 is 5.56 Å². The molecule has 0 aliphatic carbocycles. The quantitative estimate of drug-likeness (QED) is 0.508. The lowest BCUT2D eigenvalue weighted by Crippen LogP contribution is -2.15. The summed E-state index contributed by atoms with van der Waals surface area (Å²) in [5, 5.41) is 8.85. The van der Waals surface area contributed by atoms with Gasteiger partial charge in [-0.15, -0.1) is 0 Å². The Balaban J connectivity index is 2.92. The molecule has 0 fully saturated rings. The highest BCUT2D eigenvalue weighted by atomic mass is 19.2. The zero-order valence-electron chi connectivity index (χ0n) is 9.81. The molecule has 1 heterocycles. The van der Waals surface area contributed by atoms with E-state index in [1.807, 2.05) is 0 Å². The summed E-state index contributed by atoms with van der Waals surface area (Å²) in [6.07, 6.45) is 0. The highest BCUT2D eigenvalue weighted by molar-refractivity contribution is 5.94. The Morgan fingerprint density at radius 2 is 1.38 bits per heavy atom. The largest absolute Gasteiger partial charge is 0.477 e. The molecule has 0 radical (unpaired) electrons. The molecule has 9 heteroatoms. The van der Waals surface area contributed by atoms with Crippen molar-refractivity contribution in [1.82, 2.24) is 4.98 Å². The van der Waals surface area contributed by atoms with Gasteiger partial charge >= 0.3 is 5.97 Å². The second-order valence-electron chi connectivity index (χ2n) is 3.86. The molecule has 0 aliphatic heterocycles. The lowest BCUT2D eigenvalue weighted by atomic mass is 10.0. The summed E-state index contributed by atoms with van der Waals surface area (Å²) in [4.78, 5) is 23.7. The molecule has 0 amide bonds. The number of rotatable bonds is 2. The first-order valence-electron chi connectivity index (χ1n) is 5.24. The van der Waals surface area contributed by atoms with Gasteiger partial charge in [0.2, 0.25) is 11.4 Å². The fraction of sp³-hybridized carbons (Fsp3) is 0. The molecule has 0 unspecified atom stereocenters. The molecule has 2 N–H and O–H groups in total. The third-order valence-electron chi connectivity index (χ3n) is 2.61. The summed E-state index contributed by atoms with van der Waals surface area (Å²) in [5.41, 5.74) is -4.18. The van der Waals surface area contributed by atoms with Crippen molar-refractivity contribution in [3.05, 3.63) is 57.3 Å². The minimum absolute atomic E-state index is 0.653. The summed E-state index contributed by atoms with van der Waals surface area (Å²) in [5.74, 6) is -13.0. The molecule has 21 heavy (non-hydrogen) atoms. The first-order valence-corrected chi connectivity index (χ1v) is 5.24. The van der Waals surface area contributed by atoms with Crippen LogP contribution in [0.25, 0.3) is 11.1 Å². The molecule has 0 aliphatic rings. The minimum atomic E-state index is -2.37. The second-order valence-corrected chi connectivity index (χ2v) is 3.86. The number of hydrogen-bond acceptors (Lipinski definition) is 2. The van der Waals surface area contributed by atoms with Gasteiger partial charge in [-0.25, -0.2) is 26.7 Å². The first-order chi connectivity index (χ1) is 9.75. The van der Waals surface area contributed by atoms with E-state index >= 15 is 0 Å². The van der Waals surface area contributed by atoms with E-state index in [0.29, 0.717) is 12.1 Å². The minimum Gasteiger partial charge on any atom is -0.477 e. The smallest absolute Gasteiger partial charge is 0.353 e. The fourth-order valence-corrected chi connectivity index (χ4v) is 1.69. The average Bonchev–Trinajstić information content (AvgIpc) is 2.44. The van der Waals surface area contributed by atoms with Crippen LogP contribution in [-0.4, -0.2) is 16.1 Å². The van der Waals surface area contributed by atoms with E-state index in [2.05, 4.69) is 0 Å². The van der Waals surface area contributed by atoms with Crippen molar-refractivity contribution in [2.24, 2.45) is 0 Å². The SMILES string of the molecule is O=C(O)c1[nH]c(=O)ccc1-c1c(F)c(F)c(F)c(F)c1F. The molecule has 110 valence electrons. The van der Waals surface area contributed by atoms with E-state index in [-0.39, 0.29) is 0 Å². The lowest BCUT2D eigenvalue weighted by Gasteiger charge is -2.10. The molecular weight excluding hydrogens is 301 g/mol. The van der Waals surface area contributed by atoms with E-state index in [9.17, 15) is 31.5 Å². The molecule has 2 aromatic rings. The maximum absolute atomic E-state index is 13.6. The highest BCUT2D eigenvalue weighted by Gasteiger charge is 2.29. The van der Waals surface area contributed by atoms with Crippen LogP contribution in [0.3, 0.4) is 0 Å². The number of aromatic carboxylic acids is 1. The van der Waals surface area contributed by atoms with Crippen LogP contribution in [0.1, 0.15) is 10.5 Å². The van der Waals surface area contributed by atoms with Gasteiger partial charge < -0.3 is 10.1 Å². The van der Waals surface area contributed by atoms with Crippen LogP contribution in [0.4, 0.5) is 22.0 Å². The molecule has 0 bridgehead atoms. The fourth-order valence-electron chi connectivity index (χ4n) is 1.69. The third-order valence-corrected chi connectivity index (χ3v) is 2.61. The maximum atomic E-state index is 13.6. The number of nitrogens with one attached hydrogen (secondary N) is 1. The monoisotopic (exact) mass is 305 g/mol. The molecule has 1 aromatic heterocycles. The second kappa shape index (κ2) is 5.00. The topological polar surface area (TPSA) is 70.2 Å². The van der Waals surface area contributed by atoms with Crippen molar-refractivity contribution in [2.75, 3.05) is 0 Å². The maximum Gasteiger partial charge on any atom is 0.353 e. The third kappa shape index (κ3) is 2.26. The predicted molar refractivity (Wildman–Crippen MR) is 59.2 cm³/mol. The normalized spacial score (nSPS) is 10.7. The van der Waals surface area contributed by atoms with Gasteiger partial charge in [0.05, 0.1) is 5.56 Å². The number of carboxylic acids is 1. The Morgan fingerprint density at radius 1 is 0.905 bits per heavy atom. The van der Waals surface area contributed by atoms with Crippen LogP contribution >= 0.6 is 0 Å². The van der Waals surface area contributed by atoms with Crippen LogP contribution in [0, 0.1) is 29.1 Å². The Bertz CT molecular complexity index is 786. The number of pyridine rings is 1. The standard InChI is InChI=1S/C12H4F5NO3/c13-6-5(7(14)9(16)10(17)8(6)15)3-1-2-4(19)18-11(3)12(20)21/h1-2H,(H,18,19)(H,20,21). The van der Waals surface area contributed by atoms with Gasteiger partial charge in [-0.3, -0.25) is 4.79 Å². The average molecular weight is 305 g/mol. The van der Waals surface area contributed by atoms with E-state index in [1.165, 1.54) is 0 Å². The van der Waals surface area contributed by atoms with Crippen molar-refractivity contribution in [2.45, 2.75) is 0 Å². The van der Waals surface area contributed by atoms with Gasteiger partial charge in [0.25, 0.3) is 0 Å². The van der Waals surface area contributed by atoms with Crippen molar-refractivity contribution >= 4 is 5.97 Å². The molecule has 2 rings (SSSR count). The van der Waals surface area contributed by atoms with E-state index in [4.69, 9.17) is 5.11 Å². The Hall–Kier alpha value is -2.71. The molecular formula is C12H4F5NO3. The Labute approximate surface area is 112 Å². The summed E-state index contributed by atoms with van der Waals surface area (Å²) < 4.78 is 66.4. The van der Waals surface area contributed by atoms with Gasteiger partial charge in [0, 0.05) is 11.6 Å². The summed E-state index contributed by atoms with van der Waals surface area (Å²) in [6, 6.07) is 1.35. The van der Waals surface area contributed by atoms with E-state index in [0.717, 1.165) is 0 Å². The molecule has 0 saturated heterocycles. The summed E-state index contributed by atoms with van der Waals surface area (Å²) in [7, 11) is 0. The van der Waals surface area contributed by atoms with Crippen LogP contribution in [0.15, 0.2) is 16.9 Å². The van der Waals surface area contributed by atoms with Gasteiger partial charge in [-0.2, -0.15) is 0 Å². The Kier molecular flexibility index (Phi) is 3.50. The van der Waals surface area contributed by atoms with Gasteiger partial charge in [-0.1, -0.05) is 0 Å². The number of hydrogen-bond donors (Lipinski definition) is 2. The van der Waals surface area contributed by atoms with Crippen LogP contribution in [0.2, 0.25) is 0 Å². The summed E-state index contributed by atoms with van der Waals surface area (Å²) >= 11 is 0. The zero-order valence-corrected chi connectivity index (χ0v) is 9.81. The van der Waals surface area contributed by atoms with Gasteiger partial charge in [-0.05, 0) is 6.07 Å². The van der Waals surface area contributed by atoms with Crippen LogP contribution in [-0.2, 0) is 0 Å². The molecule has 0 saturated carbocycles. The van der Waals surface area contributed by atoms with Gasteiger partial charge in [0.15, 0.2) is 23.3 Å². The number of aromatic amines is 1. The number of carbonyl (C=O) groups is 1. The van der Waals surface area contributed by atoms with Gasteiger partial charge in [0.1, 0.15) is 5.69 Å². The predicted octanol–water partition coefficient (Wildman–Crippen LogP) is 2.44. The van der Waals surface area contributed by atoms with Crippen molar-refractivity contribution in [3.63, 3.8) is 0 Å². The van der Waals surface area contributed by atoms with Crippen molar-refractivity contribution in [3.8, 4) is 11.1 Å². The van der Waals surface area contributed by atoms with Crippen molar-refractivity contribution < 1.29 is 31.9 Å². The highest BCUT2D eigenvalue weighted by Crippen LogP contribution is 2.32. The molecule has 4 nitrogen and oxygen atoms in total. The number of carboxylic acid groups (broad SMARTS) is 1.